The van der Waals surface area contributed by atoms with E-state index in [2.05, 4.69) is 10.3 Å². The third kappa shape index (κ3) is 3.34. The molecule has 0 atom stereocenters. The smallest absolute Gasteiger partial charge is 0.326 e. The van der Waals surface area contributed by atoms with Gasteiger partial charge in [-0.2, -0.15) is 0 Å². The molecule has 5 nitrogen and oxygen atoms in total. The van der Waals surface area contributed by atoms with Crippen LogP contribution in [0.5, 0.6) is 0 Å². The zero-order chi connectivity index (χ0) is 16.2. The van der Waals surface area contributed by atoms with Crippen LogP contribution >= 0.6 is 0 Å². The number of hydrogen-bond acceptors (Lipinski definition) is 2. The molecule has 0 saturated heterocycles. The second-order valence-electron chi connectivity index (χ2n) is 5.55. The van der Waals surface area contributed by atoms with Gasteiger partial charge in [-0.1, -0.05) is 36.4 Å². The molecule has 0 bridgehead atoms. The SMILES string of the molecule is Cc1ccccc1CC(=O)NCCn1c(=O)[nH]c2ccccc21. The first-order chi connectivity index (χ1) is 11.1. The van der Waals surface area contributed by atoms with Crippen LogP contribution in [0.4, 0.5) is 0 Å². The fourth-order valence-electron chi connectivity index (χ4n) is 2.68. The van der Waals surface area contributed by atoms with Crippen LogP contribution in [0.1, 0.15) is 11.1 Å². The van der Waals surface area contributed by atoms with Crippen molar-refractivity contribution in [3.8, 4) is 0 Å². The van der Waals surface area contributed by atoms with E-state index in [1.165, 1.54) is 0 Å². The molecule has 2 N–H and O–H groups in total. The average molecular weight is 309 g/mol. The summed E-state index contributed by atoms with van der Waals surface area (Å²) >= 11 is 0. The number of aromatic amines is 1. The predicted molar refractivity (Wildman–Crippen MR) is 90.5 cm³/mol. The van der Waals surface area contributed by atoms with Gasteiger partial charge < -0.3 is 10.3 Å². The van der Waals surface area contributed by atoms with Crippen molar-refractivity contribution in [2.75, 3.05) is 6.54 Å². The van der Waals surface area contributed by atoms with Gasteiger partial charge in [-0.05, 0) is 30.2 Å². The number of carbonyl (C=O) groups is 1. The molecule has 0 saturated carbocycles. The van der Waals surface area contributed by atoms with E-state index in [1.807, 2.05) is 55.5 Å². The standard InChI is InChI=1S/C18H19N3O2/c1-13-6-2-3-7-14(13)12-17(22)19-10-11-21-16-9-5-4-8-15(16)20-18(21)23/h2-9H,10-12H2,1H3,(H,19,22)(H,20,23). The van der Waals surface area contributed by atoms with Gasteiger partial charge in [0.05, 0.1) is 17.5 Å². The molecule has 118 valence electrons. The largest absolute Gasteiger partial charge is 0.354 e. The molecule has 2 aromatic carbocycles. The summed E-state index contributed by atoms with van der Waals surface area (Å²) in [6, 6.07) is 15.4. The highest BCUT2D eigenvalue weighted by atomic mass is 16.2. The van der Waals surface area contributed by atoms with Crippen LogP contribution in [0.15, 0.2) is 53.3 Å². The summed E-state index contributed by atoms with van der Waals surface area (Å²) in [5.41, 5.74) is 3.64. The van der Waals surface area contributed by atoms with Crippen molar-refractivity contribution >= 4 is 16.9 Å². The topological polar surface area (TPSA) is 66.9 Å². The van der Waals surface area contributed by atoms with E-state index in [-0.39, 0.29) is 11.6 Å². The normalized spacial score (nSPS) is 10.8. The van der Waals surface area contributed by atoms with Gasteiger partial charge in [0.1, 0.15) is 0 Å². The Labute approximate surface area is 134 Å². The van der Waals surface area contributed by atoms with Crippen LogP contribution in [-0.2, 0) is 17.8 Å². The number of benzene rings is 2. The van der Waals surface area contributed by atoms with Gasteiger partial charge >= 0.3 is 5.69 Å². The lowest BCUT2D eigenvalue weighted by molar-refractivity contribution is -0.120. The van der Waals surface area contributed by atoms with Gasteiger partial charge in [-0.3, -0.25) is 9.36 Å². The van der Waals surface area contributed by atoms with Crippen LogP contribution in [0.2, 0.25) is 0 Å². The molecule has 23 heavy (non-hydrogen) atoms. The number of H-pyrrole nitrogens is 1. The number of fused-ring (bicyclic) bond motifs is 1. The van der Waals surface area contributed by atoms with E-state index >= 15 is 0 Å². The number of para-hydroxylation sites is 2. The maximum Gasteiger partial charge on any atom is 0.326 e. The number of nitrogens with zero attached hydrogens (tertiary/aromatic N) is 1. The zero-order valence-electron chi connectivity index (χ0n) is 13.0. The van der Waals surface area contributed by atoms with Crippen molar-refractivity contribution in [1.29, 1.82) is 0 Å². The van der Waals surface area contributed by atoms with Crippen molar-refractivity contribution < 1.29 is 4.79 Å². The first-order valence-electron chi connectivity index (χ1n) is 7.64. The van der Waals surface area contributed by atoms with Crippen molar-refractivity contribution in [1.82, 2.24) is 14.9 Å². The lowest BCUT2D eigenvalue weighted by Crippen LogP contribution is -2.31. The third-order valence-electron chi connectivity index (χ3n) is 3.95. The number of aromatic nitrogens is 2. The molecule has 0 aliphatic rings. The Morgan fingerprint density at radius 1 is 1.13 bits per heavy atom. The predicted octanol–water partition coefficient (Wildman–Crippen LogP) is 2.00. The summed E-state index contributed by atoms with van der Waals surface area (Å²) in [5.74, 6) is -0.0350. The molecule has 3 aromatic rings. The fraction of sp³-hybridized carbons (Fsp3) is 0.222. The highest BCUT2D eigenvalue weighted by molar-refractivity contribution is 5.79. The second-order valence-corrected chi connectivity index (χ2v) is 5.55. The summed E-state index contributed by atoms with van der Waals surface area (Å²) in [5, 5.41) is 2.88. The summed E-state index contributed by atoms with van der Waals surface area (Å²) in [7, 11) is 0. The summed E-state index contributed by atoms with van der Waals surface area (Å²) in [6.07, 6.45) is 0.357. The van der Waals surface area contributed by atoms with Crippen LogP contribution in [0.25, 0.3) is 11.0 Å². The fourth-order valence-corrected chi connectivity index (χ4v) is 2.68. The highest BCUT2D eigenvalue weighted by Crippen LogP contribution is 2.09. The van der Waals surface area contributed by atoms with Gasteiger partial charge in [0.2, 0.25) is 5.91 Å². The van der Waals surface area contributed by atoms with Gasteiger partial charge in [0.15, 0.2) is 0 Å². The third-order valence-corrected chi connectivity index (χ3v) is 3.95. The number of nitrogens with one attached hydrogen (secondary N) is 2. The van der Waals surface area contributed by atoms with E-state index in [0.717, 1.165) is 22.2 Å². The molecule has 0 unspecified atom stereocenters. The van der Waals surface area contributed by atoms with E-state index in [0.29, 0.717) is 19.5 Å². The van der Waals surface area contributed by atoms with E-state index in [1.54, 1.807) is 4.57 Å². The number of hydrogen-bond donors (Lipinski definition) is 2. The van der Waals surface area contributed by atoms with Crippen LogP contribution in [0, 0.1) is 6.92 Å². The van der Waals surface area contributed by atoms with Gasteiger partial charge in [0, 0.05) is 13.1 Å². The zero-order valence-corrected chi connectivity index (χ0v) is 13.0. The molecule has 3 rings (SSSR count). The minimum absolute atomic E-state index is 0.0350. The molecule has 1 aromatic heterocycles. The average Bonchev–Trinajstić information content (AvgIpc) is 2.86. The summed E-state index contributed by atoms with van der Waals surface area (Å²) in [6.45, 7) is 2.86. The van der Waals surface area contributed by atoms with Crippen molar-refractivity contribution in [3.05, 3.63) is 70.1 Å². The Morgan fingerprint density at radius 3 is 2.70 bits per heavy atom. The molecular formula is C18H19N3O2. The molecular weight excluding hydrogens is 290 g/mol. The lowest BCUT2D eigenvalue weighted by Gasteiger charge is -2.08. The molecule has 1 heterocycles. The highest BCUT2D eigenvalue weighted by Gasteiger charge is 2.08. The van der Waals surface area contributed by atoms with Crippen molar-refractivity contribution in [3.63, 3.8) is 0 Å². The molecule has 0 aliphatic carbocycles. The van der Waals surface area contributed by atoms with Crippen LogP contribution < -0.4 is 11.0 Å². The quantitative estimate of drug-likeness (QED) is 0.757. The number of aryl methyl sites for hydroxylation is 1. The van der Waals surface area contributed by atoms with Gasteiger partial charge in [0.25, 0.3) is 0 Å². The number of imidazole rings is 1. The Balaban J connectivity index is 1.61. The molecule has 0 spiro atoms. The molecule has 5 heteroatoms. The maximum atomic E-state index is 12.0. The summed E-state index contributed by atoms with van der Waals surface area (Å²) < 4.78 is 1.64. The molecule has 1 amide bonds. The monoisotopic (exact) mass is 309 g/mol. The van der Waals surface area contributed by atoms with Crippen LogP contribution in [-0.4, -0.2) is 22.0 Å². The molecule has 0 radical (unpaired) electrons. The van der Waals surface area contributed by atoms with Crippen molar-refractivity contribution in [2.45, 2.75) is 19.9 Å². The van der Waals surface area contributed by atoms with E-state index < -0.39 is 0 Å². The van der Waals surface area contributed by atoms with E-state index in [4.69, 9.17) is 0 Å². The Kier molecular flexibility index (Phi) is 4.28. The van der Waals surface area contributed by atoms with Gasteiger partial charge in [-0.25, -0.2) is 4.79 Å². The number of rotatable bonds is 5. The minimum atomic E-state index is -0.153. The Morgan fingerprint density at radius 2 is 1.87 bits per heavy atom. The first kappa shape index (κ1) is 15.1. The number of amides is 1. The molecule has 0 aliphatic heterocycles. The summed E-state index contributed by atoms with van der Waals surface area (Å²) in [4.78, 5) is 26.8. The Bertz CT molecular complexity index is 892. The maximum absolute atomic E-state index is 12.0. The second kappa shape index (κ2) is 6.52. The lowest BCUT2D eigenvalue weighted by atomic mass is 10.1. The first-order valence-corrected chi connectivity index (χ1v) is 7.64. The van der Waals surface area contributed by atoms with Gasteiger partial charge in [-0.15, -0.1) is 0 Å². The molecule has 0 fully saturated rings. The minimum Gasteiger partial charge on any atom is -0.354 e. The Hall–Kier alpha value is -2.82. The van der Waals surface area contributed by atoms with E-state index in [9.17, 15) is 9.59 Å². The van der Waals surface area contributed by atoms with Crippen LogP contribution in [0.3, 0.4) is 0 Å². The van der Waals surface area contributed by atoms with Crippen molar-refractivity contribution in [2.24, 2.45) is 0 Å². The number of carbonyl (C=O) groups excluding carboxylic acids is 1.